The van der Waals surface area contributed by atoms with Crippen LogP contribution in [-0.2, 0) is 0 Å². The fraction of sp³-hybridized carbons (Fsp3) is 0.529. The second-order valence-electron chi connectivity index (χ2n) is 23.9. The van der Waals surface area contributed by atoms with Gasteiger partial charge in [-0.15, -0.1) is 0 Å². The largest absolute Gasteiger partial charge is 0.507 e. The van der Waals surface area contributed by atoms with Crippen molar-refractivity contribution < 1.29 is 10.2 Å². The molecule has 0 unspecified atom stereocenters. The molecule has 2 N–H and O–H groups in total. The predicted octanol–water partition coefficient (Wildman–Crippen LogP) is 20.7. The lowest BCUT2D eigenvalue weighted by Gasteiger charge is -2.34. The SMILES string of the molecule is Oc1c(-c2c(C3CCCCC3)cc(C3CCCCC3)cc2C2CCCCC2)cc2ccccc2c1-c1c(O)c(-c2c(C3CCCCC3)cc(C3CCCCC3)cc2C2CCCCC2)cc2ccccc12. The Morgan fingerprint density at radius 3 is 0.814 bits per heavy atom. The molecule has 6 aromatic rings. The average molecular weight is 931 g/mol. The third-order valence-corrected chi connectivity index (χ3v) is 19.6. The third kappa shape index (κ3) is 9.04. The predicted molar refractivity (Wildman–Crippen MR) is 296 cm³/mol. The molecule has 0 bridgehead atoms. The lowest BCUT2D eigenvalue weighted by molar-refractivity contribution is 0.427. The van der Waals surface area contributed by atoms with E-state index in [2.05, 4.69) is 84.9 Å². The molecule has 2 nitrogen and oxygen atoms in total. The molecule has 6 fully saturated rings. The molecule has 6 saturated carbocycles. The number of fused-ring (bicyclic) bond motifs is 2. The zero-order valence-corrected chi connectivity index (χ0v) is 42.7. The van der Waals surface area contributed by atoms with Crippen molar-refractivity contribution in [3.8, 4) is 44.9 Å². The Morgan fingerprint density at radius 1 is 0.271 bits per heavy atom. The van der Waals surface area contributed by atoms with E-state index in [1.165, 1.54) is 226 Å². The molecule has 0 spiro atoms. The van der Waals surface area contributed by atoms with Gasteiger partial charge in [-0.2, -0.15) is 0 Å². The summed E-state index contributed by atoms with van der Waals surface area (Å²) in [5.74, 6) is 3.95. The molecular formula is C68H82O2. The first-order chi connectivity index (χ1) is 34.6. The van der Waals surface area contributed by atoms with E-state index in [0.717, 1.165) is 43.8 Å². The second-order valence-corrected chi connectivity index (χ2v) is 23.9. The first-order valence-electron chi connectivity index (χ1n) is 29.4. The number of aromatic hydroxyl groups is 2. The highest BCUT2D eigenvalue weighted by Gasteiger charge is 2.34. The van der Waals surface area contributed by atoms with Gasteiger partial charge in [0.15, 0.2) is 0 Å². The van der Waals surface area contributed by atoms with E-state index >= 15 is 0 Å². The van der Waals surface area contributed by atoms with E-state index in [1.54, 1.807) is 11.1 Å². The van der Waals surface area contributed by atoms with Crippen LogP contribution in [0.2, 0.25) is 0 Å². The van der Waals surface area contributed by atoms with E-state index in [-0.39, 0.29) is 0 Å². The molecule has 0 atom stereocenters. The molecule has 0 heterocycles. The fourth-order valence-electron chi connectivity index (χ4n) is 15.9. The van der Waals surface area contributed by atoms with Crippen molar-refractivity contribution in [1.82, 2.24) is 0 Å². The Labute approximate surface area is 421 Å². The van der Waals surface area contributed by atoms with Crippen LogP contribution in [0.4, 0.5) is 0 Å². The van der Waals surface area contributed by atoms with Crippen molar-refractivity contribution in [1.29, 1.82) is 0 Å². The zero-order valence-electron chi connectivity index (χ0n) is 42.7. The third-order valence-electron chi connectivity index (χ3n) is 19.6. The highest BCUT2D eigenvalue weighted by Crippen LogP contribution is 2.57. The summed E-state index contributed by atoms with van der Waals surface area (Å²) >= 11 is 0. The summed E-state index contributed by atoms with van der Waals surface area (Å²) < 4.78 is 0. The molecule has 0 amide bonds. The van der Waals surface area contributed by atoms with Crippen LogP contribution < -0.4 is 0 Å². The molecular weight excluding hydrogens is 849 g/mol. The van der Waals surface area contributed by atoms with E-state index in [0.29, 0.717) is 47.0 Å². The molecule has 2 heteroatoms. The van der Waals surface area contributed by atoms with Gasteiger partial charge in [0.05, 0.1) is 0 Å². The number of phenols is 2. The summed E-state index contributed by atoms with van der Waals surface area (Å²) in [6, 6.07) is 33.0. The Balaban J connectivity index is 1.13. The normalized spacial score (nSPS) is 21.2. The van der Waals surface area contributed by atoms with Gasteiger partial charge in [0.25, 0.3) is 0 Å². The van der Waals surface area contributed by atoms with Gasteiger partial charge < -0.3 is 10.2 Å². The number of rotatable bonds is 9. The molecule has 0 radical (unpaired) electrons. The Morgan fingerprint density at radius 2 is 0.529 bits per heavy atom. The quantitative estimate of drug-likeness (QED) is 0.152. The molecule has 12 rings (SSSR count). The zero-order chi connectivity index (χ0) is 47.0. The van der Waals surface area contributed by atoms with E-state index in [4.69, 9.17) is 0 Å². The summed E-state index contributed by atoms with van der Waals surface area (Å²) in [5, 5.41) is 31.9. The van der Waals surface area contributed by atoms with Gasteiger partial charge in [-0.25, -0.2) is 0 Å². The molecule has 6 aliphatic rings. The van der Waals surface area contributed by atoms with Crippen LogP contribution in [0.15, 0.2) is 84.9 Å². The number of benzene rings is 6. The smallest absolute Gasteiger partial charge is 0.132 e. The standard InChI is InChI=1S/C68H82O2/c69-67-61(63-57(47-27-11-3-12-28-47)41-53(45-23-7-1-8-24-45)42-58(63)48-29-13-4-14-30-48)39-51-35-19-21-37-55(51)65(67)66-56-38-22-20-36-52(56)40-62(68(66)70)64-59(49-31-15-5-16-32-49)43-54(46-25-9-2-10-26-46)44-60(64)50-33-17-6-18-34-50/h19-22,35-50,69-70H,1-18,23-34H2. The molecule has 6 aromatic carbocycles. The van der Waals surface area contributed by atoms with Crippen LogP contribution in [0.25, 0.3) is 54.9 Å². The van der Waals surface area contributed by atoms with Gasteiger partial charge in [0, 0.05) is 22.3 Å². The van der Waals surface area contributed by atoms with Crippen LogP contribution in [0, 0.1) is 0 Å². The maximum Gasteiger partial charge on any atom is 0.132 e. The highest BCUT2D eigenvalue weighted by molar-refractivity contribution is 6.14. The topological polar surface area (TPSA) is 40.5 Å². The summed E-state index contributed by atoms with van der Waals surface area (Å²) in [5.41, 5.74) is 15.5. The van der Waals surface area contributed by atoms with Gasteiger partial charge in [0.2, 0.25) is 0 Å². The lowest BCUT2D eigenvalue weighted by atomic mass is 9.71. The van der Waals surface area contributed by atoms with Crippen molar-refractivity contribution >= 4 is 21.5 Å². The minimum absolute atomic E-state index is 0.350. The number of hydrogen-bond donors (Lipinski definition) is 2. The van der Waals surface area contributed by atoms with Crippen molar-refractivity contribution in [2.45, 2.75) is 228 Å². The van der Waals surface area contributed by atoms with Crippen LogP contribution in [-0.4, -0.2) is 10.2 Å². The van der Waals surface area contributed by atoms with Crippen LogP contribution >= 0.6 is 0 Å². The molecule has 0 saturated heterocycles. The first-order valence-corrected chi connectivity index (χ1v) is 29.4. The second kappa shape index (κ2) is 20.9. The van der Waals surface area contributed by atoms with Crippen molar-refractivity contribution in [3.63, 3.8) is 0 Å². The van der Waals surface area contributed by atoms with Gasteiger partial charge in [-0.05, 0) is 191 Å². The molecule has 366 valence electrons. The van der Waals surface area contributed by atoms with Gasteiger partial charge >= 0.3 is 0 Å². The van der Waals surface area contributed by atoms with Crippen LogP contribution in [0.1, 0.15) is 262 Å². The van der Waals surface area contributed by atoms with Crippen LogP contribution in [0.3, 0.4) is 0 Å². The maximum absolute atomic E-state index is 13.8. The summed E-state index contributed by atoms with van der Waals surface area (Å²) in [6.45, 7) is 0. The van der Waals surface area contributed by atoms with Crippen LogP contribution in [0.5, 0.6) is 11.5 Å². The molecule has 70 heavy (non-hydrogen) atoms. The minimum atomic E-state index is 0.350. The first kappa shape index (κ1) is 46.5. The summed E-state index contributed by atoms with van der Waals surface area (Å²) in [6.07, 6.45) is 38.7. The minimum Gasteiger partial charge on any atom is -0.507 e. The van der Waals surface area contributed by atoms with Crippen molar-refractivity contribution in [2.24, 2.45) is 0 Å². The van der Waals surface area contributed by atoms with Crippen molar-refractivity contribution in [2.75, 3.05) is 0 Å². The number of hydrogen-bond acceptors (Lipinski definition) is 2. The van der Waals surface area contributed by atoms with Gasteiger partial charge in [0.1, 0.15) is 11.5 Å². The van der Waals surface area contributed by atoms with Gasteiger partial charge in [-0.3, -0.25) is 0 Å². The van der Waals surface area contributed by atoms with E-state index < -0.39 is 0 Å². The highest BCUT2D eigenvalue weighted by atomic mass is 16.3. The van der Waals surface area contributed by atoms with E-state index in [9.17, 15) is 10.2 Å². The Kier molecular flexibility index (Phi) is 13.9. The molecule has 6 aliphatic carbocycles. The number of phenolic OH excluding ortho intramolecular Hbond substituents is 2. The Hall–Kier alpha value is -4.56. The molecule has 0 aromatic heterocycles. The Bertz CT molecular complexity index is 2520. The average Bonchev–Trinajstić information content (AvgIpc) is 3.44. The lowest BCUT2D eigenvalue weighted by Crippen LogP contribution is -2.14. The van der Waals surface area contributed by atoms with Gasteiger partial charge in [-0.1, -0.05) is 188 Å². The summed E-state index contributed by atoms with van der Waals surface area (Å²) in [4.78, 5) is 0. The van der Waals surface area contributed by atoms with E-state index in [1.807, 2.05) is 0 Å². The summed E-state index contributed by atoms with van der Waals surface area (Å²) in [7, 11) is 0. The molecule has 0 aliphatic heterocycles. The van der Waals surface area contributed by atoms with Crippen molar-refractivity contribution in [3.05, 3.63) is 118 Å². The maximum atomic E-state index is 13.8. The fourth-order valence-corrected chi connectivity index (χ4v) is 15.9. The monoisotopic (exact) mass is 931 g/mol.